The van der Waals surface area contributed by atoms with Gasteiger partial charge in [0.15, 0.2) is 0 Å². The molecule has 2 N–H and O–H groups in total. The summed E-state index contributed by atoms with van der Waals surface area (Å²) in [7, 11) is 0. The quantitative estimate of drug-likeness (QED) is 0.831. The van der Waals surface area contributed by atoms with Crippen LogP contribution in [-0.2, 0) is 9.59 Å². The van der Waals surface area contributed by atoms with Crippen LogP contribution in [0.3, 0.4) is 0 Å². The first-order valence-electron chi connectivity index (χ1n) is 6.84. The predicted octanol–water partition coefficient (Wildman–Crippen LogP) is 2.79. The highest BCUT2D eigenvalue weighted by Crippen LogP contribution is 2.21. The molecule has 1 aromatic carbocycles. The van der Waals surface area contributed by atoms with Gasteiger partial charge in [-0.05, 0) is 64.8 Å². The Morgan fingerprint density at radius 2 is 1.65 bits per heavy atom. The first kappa shape index (κ1) is 16.2. The number of amides is 2. The molecule has 20 heavy (non-hydrogen) atoms. The summed E-state index contributed by atoms with van der Waals surface area (Å²) in [6.45, 7) is 11.0. The molecule has 0 radical (unpaired) electrons. The van der Waals surface area contributed by atoms with E-state index in [0.29, 0.717) is 5.69 Å². The monoisotopic (exact) mass is 276 g/mol. The molecule has 1 aromatic rings. The van der Waals surface area contributed by atoms with Crippen LogP contribution in [0.5, 0.6) is 0 Å². The minimum Gasteiger partial charge on any atom is -0.353 e. The number of benzene rings is 1. The van der Waals surface area contributed by atoms with E-state index < -0.39 is 5.41 Å². The van der Waals surface area contributed by atoms with Gasteiger partial charge in [0.05, 0.1) is 0 Å². The largest absolute Gasteiger partial charge is 0.353 e. The van der Waals surface area contributed by atoms with Gasteiger partial charge >= 0.3 is 0 Å². The Kier molecular flexibility index (Phi) is 4.93. The molecule has 0 aliphatic carbocycles. The lowest BCUT2D eigenvalue weighted by Gasteiger charge is -2.24. The Labute approximate surface area is 121 Å². The molecule has 0 aliphatic heterocycles. The van der Waals surface area contributed by atoms with Crippen LogP contribution in [0.4, 0.5) is 5.69 Å². The molecule has 0 aromatic heterocycles. The Morgan fingerprint density at radius 3 is 2.15 bits per heavy atom. The van der Waals surface area contributed by atoms with Crippen molar-refractivity contribution < 1.29 is 9.59 Å². The maximum Gasteiger partial charge on any atom is 0.239 e. The average Bonchev–Trinajstić information content (AvgIpc) is 2.32. The van der Waals surface area contributed by atoms with Crippen molar-refractivity contribution in [3.05, 3.63) is 29.3 Å². The van der Waals surface area contributed by atoms with Crippen LogP contribution < -0.4 is 10.6 Å². The minimum atomic E-state index is -1.11. The minimum absolute atomic E-state index is 0.0104. The maximum absolute atomic E-state index is 12.3. The highest BCUT2D eigenvalue weighted by atomic mass is 16.2. The number of carbonyl (C=O) groups is 2. The third-order valence-electron chi connectivity index (χ3n) is 3.32. The van der Waals surface area contributed by atoms with Gasteiger partial charge in [0.1, 0.15) is 5.41 Å². The molecular weight excluding hydrogens is 252 g/mol. The van der Waals surface area contributed by atoms with Crippen LogP contribution >= 0.6 is 0 Å². The lowest BCUT2D eigenvalue weighted by Crippen LogP contribution is -2.47. The summed E-state index contributed by atoms with van der Waals surface area (Å²) in [5, 5.41) is 5.58. The van der Waals surface area contributed by atoms with E-state index in [9.17, 15) is 9.59 Å². The molecule has 110 valence electrons. The summed E-state index contributed by atoms with van der Waals surface area (Å²) in [4.78, 5) is 24.3. The van der Waals surface area contributed by atoms with E-state index in [1.807, 2.05) is 45.9 Å². The Hall–Kier alpha value is -1.84. The van der Waals surface area contributed by atoms with Gasteiger partial charge in [-0.3, -0.25) is 9.59 Å². The van der Waals surface area contributed by atoms with Gasteiger partial charge in [-0.1, -0.05) is 6.07 Å². The molecule has 0 fully saturated rings. The van der Waals surface area contributed by atoms with Gasteiger partial charge < -0.3 is 10.6 Å². The van der Waals surface area contributed by atoms with Gasteiger partial charge in [0.2, 0.25) is 11.8 Å². The van der Waals surface area contributed by atoms with Gasteiger partial charge in [0.25, 0.3) is 0 Å². The van der Waals surface area contributed by atoms with E-state index in [4.69, 9.17) is 0 Å². The summed E-state index contributed by atoms with van der Waals surface area (Å²) >= 11 is 0. The first-order valence-corrected chi connectivity index (χ1v) is 6.84. The summed E-state index contributed by atoms with van der Waals surface area (Å²) < 4.78 is 0. The van der Waals surface area contributed by atoms with Crippen molar-refractivity contribution >= 4 is 17.5 Å². The van der Waals surface area contributed by atoms with Crippen molar-refractivity contribution in [1.29, 1.82) is 0 Å². The fourth-order valence-electron chi connectivity index (χ4n) is 1.65. The Balaban J connectivity index is 2.83. The highest BCUT2D eigenvalue weighted by Gasteiger charge is 2.36. The van der Waals surface area contributed by atoms with Crippen LogP contribution in [0.15, 0.2) is 18.2 Å². The molecule has 0 unspecified atom stereocenters. The van der Waals surface area contributed by atoms with E-state index in [1.165, 1.54) is 5.56 Å². The zero-order valence-electron chi connectivity index (χ0n) is 13.1. The van der Waals surface area contributed by atoms with Crippen LogP contribution in [0, 0.1) is 19.3 Å². The number of anilines is 1. The summed E-state index contributed by atoms with van der Waals surface area (Å²) in [6, 6.07) is 5.71. The number of rotatable bonds is 4. The van der Waals surface area contributed by atoms with E-state index in [0.717, 1.165) is 5.56 Å². The topological polar surface area (TPSA) is 58.2 Å². The number of hydrogen-bond acceptors (Lipinski definition) is 2. The summed E-state index contributed by atoms with van der Waals surface area (Å²) in [5.74, 6) is -0.576. The molecule has 4 heteroatoms. The third-order valence-corrected chi connectivity index (χ3v) is 3.32. The molecule has 1 rings (SSSR count). The number of nitrogens with one attached hydrogen (secondary N) is 2. The van der Waals surface area contributed by atoms with Crippen molar-refractivity contribution in [2.75, 3.05) is 5.32 Å². The van der Waals surface area contributed by atoms with Crippen molar-refractivity contribution in [2.45, 2.75) is 47.6 Å². The molecule has 4 nitrogen and oxygen atoms in total. The number of hydrogen-bond donors (Lipinski definition) is 2. The van der Waals surface area contributed by atoms with E-state index >= 15 is 0 Å². The molecule has 0 spiro atoms. The third kappa shape index (κ3) is 3.83. The smallest absolute Gasteiger partial charge is 0.239 e. The molecule has 2 amide bonds. The van der Waals surface area contributed by atoms with Crippen LogP contribution in [0.25, 0.3) is 0 Å². The SMILES string of the molecule is Cc1ccc(NC(=O)C(C)(C)C(=O)NC(C)C)cc1C. The van der Waals surface area contributed by atoms with E-state index in [-0.39, 0.29) is 17.9 Å². The second-order valence-electron chi connectivity index (χ2n) is 6.01. The molecule has 0 saturated carbocycles. The average molecular weight is 276 g/mol. The zero-order valence-corrected chi connectivity index (χ0v) is 13.1. The molecular formula is C16H24N2O2. The van der Waals surface area contributed by atoms with Gasteiger partial charge in [0, 0.05) is 11.7 Å². The van der Waals surface area contributed by atoms with Gasteiger partial charge in [-0.25, -0.2) is 0 Å². The predicted molar refractivity (Wildman–Crippen MR) is 81.6 cm³/mol. The standard InChI is InChI=1S/C16H24N2O2/c1-10(2)17-14(19)16(5,6)15(20)18-13-8-7-11(3)12(4)9-13/h7-10H,1-6H3,(H,17,19)(H,18,20). The highest BCUT2D eigenvalue weighted by molar-refractivity contribution is 6.09. The van der Waals surface area contributed by atoms with Crippen molar-refractivity contribution in [2.24, 2.45) is 5.41 Å². The zero-order chi connectivity index (χ0) is 15.5. The molecule has 0 bridgehead atoms. The Morgan fingerprint density at radius 1 is 1.05 bits per heavy atom. The van der Waals surface area contributed by atoms with Crippen LogP contribution in [0.2, 0.25) is 0 Å². The second-order valence-corrected chi connectivity index (χ2v) is 6.01. The number of aryl methyl sites for hydroxylation is 2. The molecule has 0 aliphatic rings. The van der Waals surface area contributed by atoms with Gasteiger partial charge in [-0.15, -0.1) is 0 Å². The maximum atomic E-state index is 12.3. The fraction of sp³-hybridized carbons (Fsp3) is 0.500. The molecule has 0 heterocycles. The second kappa shape index (κ2) is 6.07. The molecule has 0 atom stereocenters. The lowest BCUT2D eigenvalue weighted by atomic mass is 9.90. The van der Waals surface area contributed by atoms with E-state index in [2.05, 4.69) is 10.6 Å². The molecule has 0 saturated heterocycles. The lowest BCUT2D eigenvalue weighted by molar-refractivity contribution is -0.138. The fourth-order valence-corrected chi connectivity index (χ4v) is 1.65. The van der Waals surface area contributed by atoms with E-state index in [1.54, 1.807) is 13.8 Å². The van der Waals surface area contributed by atoms with Crippen LogP contribution in [-0.4, -0.2) is 17.9 Å². The number of carbonyl (C=O) groups excluding carboxylic acids is 2. The summed E-state index contributed by atoms with van der Waals surface area (Å²) in [5.41, 5.74) is 1.87. The van der Waals surface area contributed by atoms with Gasteiger partial charge in [-0.2, -0.15) is 0 Å². The van der Waals surface area contributed by atoms with Crippen molar-refractivity contribution in [1.82, 2.24) is 5.32 Å². The summed E-state index contributed by atoms with van der Waals surface area (Å²) in [6.07, 6.45) is 0. The van der Waals surface area contributed by atoms with Crippen molar-refractivity contribution in [3.8, 4) is 0 Å². The van der Waals surface area contributed by atoms with Crippen LogP contribution in [0.1, 0.15) is 38.8 Å². The van der Waals surface area contributed by atoms with Crippen molar-refractivity contribution in [3.63, 3.8) is 0 Å². The first-order chi connectivity index (χ1) is 9.14. The normalized spacial score (nSPS) is 11.3. The Bertz CT molecular complexity index is 519.